The van der Waals surface area contributed by atoms with Crippen molar-refractivity contribution >= 4 is 27.5 Å². The zero-order valence-corrected chi connectivity index (χ0v) is 9.58. The van der Waals surface area contributed by atoms with E-state index in [1.54, 1.807) is 13.2 Å². The summed E-state index contributed by atoms with van der Waals surface area (Å²) in [5, 5.41) is 9.60. The van der Waals surface area contributed by atoms with Crippen LogP contribution in [0.25, 0.3) is 10.2 Å². The number of carboxylic acids is 1. The molecule has 0 unspecified atom stereocenters. The number of nitrogens with zero attached hydrogens (tertiary/aromatic N) is 1. The average molecular weight is 237 g/mol. The van der Waals surface area contributed by atoms with Gasteiger partial charge in [0, 0.05) is 7.11 Å². The molecular formula is C11H11NO3S. The maximum absolute atomic E-state index is 10.6. The predicted octanol–water partition coefficient (Wildman–Crippen LogP) is 2.07. The Bertz CT molecular complexity index is 521. The normalized spacial score (nSPS) is 10.8. The number of methoxy groups -OCH3 is 1. The van der Waals surface area contributed by atoms with Crippen molar-refractivity contribution in [3.05, 3.63) is 28.8 Å². The van der Waals surface area contributed by atoms with Crippen molar-refractivity contribution in [1.82, 2.24) is 4.98 Å². The quantitative estimate of drug-likeness (QED) is 0.884. The number of thiazole rings is 1. The molecule has 2 rings (SSSR count). The average Bonchev–Trinajstić information content (AvgIpc) is 2.59. The summed E-state index contributed by atoms with van der Waals surface area (Å²) in [6, 6.07) is 5.52. The van der Waals surface area contributed by atoms with Crippen LogP contribution in [-0.4, -0.2) is 23.2 Å². The molecule has 84 valence electrons. The summed E-state index contributed by atoms with van der Waals surface area (Å²) in [5.74, 6) is -0.819. The predicted molar refractivity (Wildman–Crippen MR) is 61.7 cm³/mol. The Kier molecular flexibility index (Phi) is 3.17. The Hall–Kier alpha value is -1.46. The van der Waals surface area contributed by atoms with Gasteiger partial charge in [-0.2, -0.15) is 0 Å². The Labute approximate surface area is 96.5 Å². The molecule has 0 aliphatic heterocycles. The molecule has 16 heavy (non-hydrogen) atoms. The standard InChI is InChI=1S/C11H11NO3S/c1-15-6-10-12-8-3-2-7(5-11(13)14)4-9(8)16-10/h2-4H,5-6H2,1H3,(H,13,14). The summed E-state index contributed by atoms with van der Waals surface area (Å²) < 4.78 is 6.01. The molecule has 0 atom stereocenters. The van der Waals surface area contributed by atoms with Gasteiger partial charge in [-0.25, -0.2) is 4.98 Å². The number of ether oxygens (including phenoxy) is 1. The van der Waals surface area contributed by atoms with E-state index < -0.39 is 5.97 Å². The largest absolute Gasteiger partial charge is 0.481 e. The molecule has 0 spiro atoms. The number of aliphatic carboxylic acids is 1. The summed E-state index contributed by atoms with van der Waals surface area (Å²) in [7, 11) is 1.63. The fraction of sp³-hybridized carbons (Fsp3) is 0.273. The van der Waals surface area contributed by atoms with Crippen LogP contribution in [0.3, 0.4) is 0 Å². The highest BCUT2D eigenvalue weighted by Gasteiger charge is 2.06. The summed E-state index contributed by atoms with van der Waals surface area (Å²) in [5.41, 5.74) is 1.69. The minimum absolute atomic E-state index is 0.0491. The van der Waals surface area contributed by atoms with Crippen LogP contribution in [0.2, 0.25) is 0 Å². The summed E-state index contributed by atoms with van der Waals surface area (Å²) in [6.45, 7) is 0.494. The second-order valence-corrected chi connectivity index (χ2v) is 4.53. The van der Waals surface area contributed by atoms with Gasteiger partial charge >= 0.3 is 5.97 Å². The molecule has 0 bridgehead atoms. The molecule has 1 aromatic carbocycles. The minimum atomic E-state index is -0.819. The van der Waals surface area contributed by atoms with Gasteiger partial charge in [0.25, 0.3) is 0 Å². The maximum Gasteiger partial charge on any atom is 0.307 e. The van der Waals surface area contributed by atoms with Crippen LogP contribution in [0.5, 0.6) is 0 Å². The third kappa shape index (κ3) is 2.37. The van der Waals surface area contributed by atoms with Crippen LogP contribution in [0.4, 0.5) is 0 Å². The van der Waals surface area contributed by atoms with Crippen LogP contribution in [0.15, 0.2) is 18.2 Å². The third-order valence-corrected chi connectivity index (χ3v) is 3.11. The highest BCUT2D eigenvalue weighted by Crippen LogP contribution is 2.23. The fourth-order valence-corrected chi connectivity index (χ4v) is 2.49. The van der Waals surface area contributed by atoms with Gasteiger partial charge in [-0.1, -0.05) is 6.07 Å². The zero-order valence-electron chi connectivity index (χ0n) is 8.77. The molecule has 0 saturated carbocycles. The van der Waals surface area contributed by atoms with Gasteiger partial charge < -0.3 is 9.84 Å². The topological polar surface area (TPSA) is 59.4 Å². The molecule has 0 aliphatic carbocycles. The van der Waals surface area contributed by atoms with Crippen molar-refractivity contribution in [2.75, 3.05) is 7.11 Å². The lowest BCUT2D eigenvalue weighted by atomic mass is 10.1. The van der Waals surface area contributed by atoms with Crippen LogP contribution in [0, 0.1) is 0 Å². The Morgan fingerprint density at radius 2 is 2.38 bits per heavy atom. The fourth-order valence-electron chi connectivity index (χ4n) is 1.49. The lowest BCUT2D eigenvalue weighted by molar-refractivity contribution is -0.136. The van der Waals surface area contributed by atoms with Crippen molar-refractivity contribution in [2.45, 2.75) is 13.0 Å². The van der Waals surface area contributed by atoms with E-state index in [4.69, 9.17) is 9.84 Å². The van der Waals surface area contributed by atoms with Gasteiger partial charge in [-0.05, 0) is 17.7 Å². The molecule has 0 aliphatic rings. The van der Waals surface area contributed by atoms with E-state index in [0.717, 1.165) is 20.8 Å². The second-order valence-electron chi connectivity index (χ2n) is 3.41. The van der Waals surface area contributed by atoms with Gasteiger partial charge in [0.05, 0.1) is 23.2 Å². The number of carboxylic acid groups (broad SMARTS) is 1. The minimum Gasteiger partial charge on any atom is -0.481 e. The van der Waals surface area contributed by atoms with E-state index in [1.165, 1.54) is 11.3 Å². The van der Waals surface area contributed by atoms with Crippen molar-refractivity contribution in [3.63, 3.8) is 0 Å². The van der Waals surface area contributed by atoms with Crippen LogP contribution in [0.1, 0.15) is 10.6 Å². The van der Waals surface area contributed by atoms with Crippen LogP contribution >= 0.6 is 11.3 Å². The first kappa shape index (κ1) is 11.0. The van der Waals surface area contributed by atoms with Crippen LogP contribution < -0.4 is 0 Å². The molecule has 1 aromatic heterocycles. The highest BCUT2D eigenvalue weighted by atomic mass is 32.1. The molecule has 1 N–H and O–H groups in total. The summed E-state index contributed by atoms with van der Waals surface area (Å²) in [4.78, 5) is 14.9. The Morgan fingerprint density at radius 1 is 1.56 bits per heavy atom. The van der Waals surface area contributed by atoms with Crippen molar-refractivity contribution in [3.8, 4) is 0 Å². The number of aromatic nitrogens is 1. The van der Waals surface area contributed by atoms with Gasteiger partial charge in [0.1, 0.15) is 5.01 Å². The van der Waals surface area contributed by atoms with E-state index in [2.05, 4.69) is 4.98 Å². The monoisotopic (exact) mass is 237 g/mol. The SMILES string of the molecule is COCc1nc2ccc(CC(=O)O)cc2s1. The smallest absolute Gasteiger partial charge is 0.307 e. The Morgan fingerprint density at radius 3 is 3.06 bits per heavy atom. The van der Waals surface area contributed by atoms with Crippen molar-refractivity contribution < 1.29 is 14.6 Å². The number of carbonyl (C=O) groups is 1. The lowest BCUT2D eigenvalue weighted by Crippen LogP contribution is -1.99. The van der Waals surface area contributed by atoms with Gasteiger partial charge in [0.2, 0.25) is 0 Å². The molecule has 4 nitrogen and oxygen atoms in total. The molecule has 0 fully saturated rings. The third-order valence-electron chi connectivity index (χ3n) is 2.12. The molecule has 1 heterocycles. The highest BCUT2D eigenvalue weighted by molar-refractivity contribution is 7.18. The molecular weight excluding hydrogens is 226 g/mol. The second kappa shape index (κ2) is 4.59. The maximum atomic E-state index is 10.6. The first-order chi connectivity index (χ1) is 7.69. The molecule has 0 saturated heterocycles. The number of hydrogen-bond acceptors (Lipinski definition) is 4. The summed E-state index contributed by atoms with van der Waals surface area (Å²) >= 11 is 1.53. The molecule has 0 amide bonds. The molecule has 5 heteroatoms. The van der Waals surface area contributed by atoms with Crippen LogP contribution in [-0.2, 0) is 22.6 Å². The number of hydrogen-bond donors (Lipinski definition) is 1. The number of fused-ring (bicyclic) bond motifs is 1. The van der Waals surface area contributed by atoms with E-state index in [-0.39, 0.29) is 6.42 Å². The number of benzene rings is 1. The lowest BCUT2D eigenvalue weighted by Gasteiger charge is -1.95. The molecule has 0 radical (unpaired) electrons. The first-order valence-corrected chi connectivity index (χ1v) is 5.60. The summed E-state index contributed by atoms with van der Waals surface area (Å²) in [6.07, 6.45) is 0.0491. The van der Waals surface area contributed by atoms with Gasteiger partial charge in [-0.15, -0.1) is 11.3 Å². The molecule has 2 aromatic rings. The zero-order chi connectivity index (χ0) is 11.5. The van der Waals surface area contributed by atoms with E-state index in [0.29, 0.717) is 6.61 Å². The van der Waals surface area contributed by atoms with Crippen molar-refractivity contribution in [1.29, 1.82) is 0 Å². The number of rotatable bonds is 4. The van der Waals surface area contributed by atoms with Gasteiger partial charge in [-0.3, -0.25) is 4.79 Å². The Balaban J connectivity index is 2.33. The van der Waals surface area contributed by atoms with Crippen molar-refractivity contribution in [2.24, 2.45) is 0 Å². The van der Waals surface area contributed by atoms with E-state index in [1.807, 2.05) is 12.1 Å². The van der Waals surface area contributed by atoms with E-state index >= 15 is 0 Å². The van der Waals surface area contributed by atoms with Gasteiger partial charge in [0.15, 0.2) is 0 Å². The first-order valence-electron chi connectivity index (χ1n) is 4.78. The van der Waals surface area contributed by atoms with E-state index in [9.17, 15) is 4.79 Å².